The van der Waals surface area contributed by atoms with Gasteiger partial charge in [0.05, 0.1) is 12.7 Å². The molecule has 2 aromatic rings. The zero-order valence-electron chi connectivity index (χ0n) is 10.7. The molecule has 2 rings (SSSR count). The van der Waals surface area contributed by atoms with Crippen LogP contribution in [0.2, 0.25) is 0 Å². The van der Waals surface area contributed by atoms with E-state index in [0.717, 1.165) is 14.9 Å². The molecular weight excluding hydrogens is 343 g/mol. The van der Waals surface area contributed by atoms with Gasteiger partial charge in [0.15, 0.2) is 0 Å². The summed E-state index contributed by atoms with van der Waals surface area (Å²) >= 11 is 4.97. The highest BCUT2D eigenvalue weighted by atomic mass is 79.9. The van der Waals surface area contributed by atoms with E-state index in [1.165, 1.54) is 31.0 Å². The van der Waals surface area contributed by atoms with Gasteiger partial charge in [-0.2, -0.15) is 0 Å². The Balaban J connectivity index is 2.08. The van der Waals surface area contributed by atoms with E-state index in [1.54, 1.807) is 18.2 Å². The SMILES string of the molecule is COC(=O)c1ccc(CSc2cccc(F)c2)c(Br)c1. The highest BCUT2D eigenvalue weighted by Crippen LogP contribution is 2.28. The van der Waals surface area contributed by atoms with Crippen molar-refractivity contribution in [2.75, 3.05) is 7.11 Å². The molecule has 0 N–H and O–H groups in total. The fraction of sp³-hybridized carbons (Fsp3) is 0.133. The fourth-order valence-electron chi connectivity index (χ4n) is 1.63. The third kappa shape index (κ3) is 3.84. The van der Waals surface area contributed by atoms with Crippen molar-refractivity contribution in [2.24, 2.45) is 0 Å². The summed E-state index contributed by atoms with van der Waals surface area (Å²) in [5.41, 5.74) is 1.53. The summed E-state index contributed by atoms with van der Waals surface area (Å²) in [5, 5.41) is 0. The zero-order valence-corrected chi connectivity index (χ0v) is 13.1. The van der Waals surface area contributed by atoms with Crippen LogP contribution in [0.15, 0.2) is 51.8 Å². The van der Waals surface area contributed by atoms with Gasteiger partial charge in [-0.05, 0) is 35.9 Å². The van der Waals surface area contributed by atoms with Gasteiger partial charge in [0.1, 0.15) is 5.82 Å². The summed E-state index contributed by atoms with van der Waals surface area (Å²) in [6.07, 6.45) is 0. The number of carbonyl (C=O) groups excluding carboxylic acids is 1. The molecule has 5 heteroatoms. The Morgan fingerprint density at radius 3 is 2.75 bits per heavy atom. The summed E-state index contributed by atoms with van der Waals surface area (Å²) in [6, 6.07) is 11.8. The maximum atomic E-state index is 13.1. The molecule has 2 nitrogen and oxygen atoms in total. The number of ether oxygens (including phenoxy) is 1. The molecule has 0 bridgehead atoms. The van der Waals surface area contributed by atoms with Crippen LogP contribution in [-0.4, -0.2) is 13.1 Å². The Morgan fingerprint density at radius 2 is 2.10 bits per heavy atom. The lowest BCUT2D eigenvalue weighted by Crippen LogP contribution is -2.01. The van der Waals surface area contributed by atoms with Crippen molar-refractivity contribution in [1.82, 2.24) is 0 Å². The van der Waals surface area contributed by atoms with Gasteiger partial charge in [0.2, 0.25) is 0 Å². The lowest BCUT2D eigenvalue weighted by molar-refractivity contribution is 0.0600. The smallest absolute Gasteiger partial charge is 0.337 e. The summed E-state index contributed by atoms with van der Waals surface area (Å²) in [4.78, 5) is 12.3. The molecule has 0 saturated carbocycles. The molecule has 104 valence electrons. The average Bonchev–Trinajstić information content (AvgIpc) is 2.45. The van der Waals surface area contributed by atoms with Gasteiger partial charge in [-0.25, -0.2) is 9.18 Å². The minimum Gasteiger partial charge on any atom is -0.465 e. The van der Waals surface area contributed by atoms with E-state index < -0.39 is 0 Å². The number of thioether (sulfide) groups is 1. The van der Waals surface area contributed by atoms with E-state index in [9.17, 15) is 9.18 Å². The quantitative estimate of drug-likeness (QED) is 0.589. The van der Waals surface area contributed by atoms with Gasteiger partial charge in [-0.15, -0.1) is 11.8 Å². The van der Waals surface area contributed by atoms with Crippen molar-refractivity contribution in [3.05, 3.63) is 63.9 Å². The molecule has 2 aromatic carbocycles. The van der Waals surface area contributed by atoms with E-state index in [0.29, 0.717) is 11.3 Å². The molecule has 0 heterocycles. The third-order valence-electron chi connectivity index (χ3n) is 2.66. The Labute approximate surface area is 129 Å². The first-order chi connectivity index (χ1) is 9.60. The summed E-state index contributed by atoms with van der Waals surface area (Å²) in [5.74, 6) is 0.0796. The normalized spacial score (nSPS) is 10.3. The van der Waals surface area contributed by atoms with E-state index in [2.05, 4.69) is 20.7 Å². The highest BCUT2D eigenvalue weighted by molar-refractivity contribution is 9.10. The number of rotatable bonds is 4. The van der Waals surface area contributed by atoms with Gasteiger partial charge < -0.3 is 4.74 Å². The summed E-state index contributed by atoms with van der Waals surface area (Å²) in [7, 11) is 1.35. The minimum absolute atomic E-state index is 0.241. The lowest BCUT2D eigenvalue weighted by atomic mass is 10.1. The molecule has 0 spiro atoms. The number of hydrogen-bond donors (Lipinski definition) is 0. The zero-order chi connectivity index (χ0) is 14.5. The molecule has 0 aliphatic carbocycles. The molecule has 0 unspecified atom stereocenters. The second-order valence-corrected chi connectivity index (χ2v) is 5.95. The first-order valence-electron chi connectivity index (χ1n) is 5.85. The molecule has 0 saturated heterocycles. The van der Waals surface area contributed by atoms with Gasteiger partial charge in [0, 0.05) is 15.1 Å². The second-order valence-electron chi connectivity index (χ2n) is 4.04. The van der Waals surface area contributed by atoms with Crippen LogP contribution in [-0.2, 0) is 10.5 Å². The number of hydrogen-bond acceptors (Lipinski definition) is 3. The van der Waals surface area contributed by atoms with Crippen molar-refractivity contribution in [3.63, 3.8) is 0 Å². The first kappa shape index (κ1) is 15.1. The fourth-order valence-corrected chi connectivity index (χ4v) is 3.28. The Bertz CT molecular complexity index is 631. The van der Waals surface area contributed by atoms with E-state index in [4.69, 9.17) is 0 Å². The number of esters is 1. The largest absolute Gasteiger partial charge is 0.465 e. The molecule has 0 radical (unpaired) electrons. The summed E-state index contributed by atoms with van der Waals surface area (Å²) in [6.45, 7) is 0. The van der Waals surface area contributed by atoms with Gasteiger partial charge >= 0.3 is 5.97 Å². The first-order valence-corrected chi connectivity index (χ1v) is 7.63. The number of halogens is 2. The van der Waals surface area contributed by atoms with Crippen LogP contribution in [0.25, 0.3) is 0 Å². The summed E-state index contributed by atoms with van der Waals surface area (Å²) < 4.78 is 18.6. The van der Waals surface area contributed by atoms with Crippen LogP contribution in [0.1, 0.15) is 15.9 Å². The van der Waals surface area contributed by atoms with E-state index in [-0.39, 0.29) is 11.8 Å². The maximum absolute atomic E-state index is 13.1. The lowest BCUT2D eigenvalue weighted by Gasteiger charge is -2.07. The van der Waals surface area contributed by atoms with Crippen molar-refractivity contribution >= 4 is 33.7 Å². The van der Waals surface area contributed by atoms with Crippen molar-refractivity contribution in [3.8, 4) is 0 Å². The van der Waals surface area contributed by atoms with E-state index >= 15 is 0 Å². The van der Waals surface area contributed by atoms with E-state index in [1.807, 2.05) is 12.1 Å². The molecule has 0 aromatic heterocycles. The van der Waals surface area contributed by atoms with Gasteiger partial charge in [-0.3, -0.25) is 0 Å². The van der Waals surface area contributed by atoms with Gasteiger partial charge in [0.25, 0.3) is 0 Å². The highest BCUT2D eigenvalue weighted by Gasteiger charge is 2.08. The second kappa shape index (κ2) is 6.90. The Kier molecular flexibility index (Phi) is 5.20. The van der Waals surface area contributed by atoms with Crippen LogP contribution in [0.3, 0.4) is 0 Å². The van der Waals surface area contributed by atoms with Crippen molar-refractivity contribution < 1.29 is 13.9 Å². The minimum atomic E-state index is -0.366. The van der Waals surface area contributed by atoms with Crippen LogP contribution < -0.4 is 0 Å². The number of carbonyl (C=O) groups is 1. The molecule has 0 aliphatic rings. The van der Waals surface area contributed by atoms with Crippen molar-refractivity contribution in [2.45, 2.75) is 10.6 Å². The average molecular weight is 355 g/mol. The molecule has 0 aliphatic heterocycles. The third-order valence-corrected chi connectivity index (χ3v) is 4.45. The van der Waals surface area contributed by atoms with Crippen molar-refractivity contribution in [1.29, 1.82) is 0 Å². The van der Waals surface area contributed by atoms with Gasteiger partial charge in [-0.1, -0.05) is 28.1 Å². The van der Waals surface area contributed by atoms with Crippen LogP contribution in [0.4, 0.5) is 4.39 Å². The van der Waals surface area contributed by atoms with Crippen LogP contribution in [0, 0.1) is 5.82 Å². The predicted octanol–water partition coefficient (Wildman–Crippen LogP) is 4.67. The molecule has 20 heavy (non-hydrogen) atoms. The molecule has 0 atom stereocenters. The number of benzene rings is 2. The molecular formula is C15H12BrFO2S. The Hall–Kier alpha value is -1.33. The monoisotopic (exact) mass is 354 g/mol. The topological polar surface area (TPSA) is 26.3 Å². The standard InChI is InChI=1S/C15H12BrFO2S/c1-19-15(18)10-5-6-11(14(16)7-10)9-20-13-4-2-3-12(17)8-13/h2-8H,9H2,1H3. The number of methoxy groups -OCH3 is 1. The maximum Gasteiger partial charge on any atom is 0.337 e. The molecule has 0 amide bonds. The molecule has 0 fully saturated rings. The van der Waals surface area contributed by atoms with Crippen LogP contribution >= 0.6 is 27.7 Å². The Morgan fingerprint density at radius 1 is 1.30 bits per heavy atom. The van der Waals surface area contributed by atoms with Crippen LogP contribution in [0.5, 0.6) is 0 Å². The predicted molar refractivity (Wildman–Crippen MR) is 81.4 cm³/mol.